The van der Waals surface area contributed by atoms with E-state index in [-0.39, 0.29) is 12.0 Å². The monoisotopic (exact) mass is 306 g/mol. The number of carbonyl (C=O) groups is 1. The molecule has 1 fully saturated rings. The van der Waals surface area contributed by atoms with Gasteiger partial charge in [-0.25, -0.2) is 0 Å². The molecule has 4 nitrogen and oxygen atoms in total. The Morgan fingerprint density at radius 3 is 2.62 bits per heavy atom. The largest absolute Gasteiger partial charge is 0.491 e. The number of hydrogen-bond donors (Lipinski definition) is 1. The number of ether oxygens (including phenoxy) is 2. The van der Waals surface area contributed by atoms with E-state index in [1.54, 1.807) is 6.07 Å². The average molecular weight is 307 g/mol. The molecule has 110 valence electrons. The molecule has 1 heterocycles. The standard InChI is InChI=1S/C16H15ClO4/c17-14-5-11(6-18)15(13-4-2-1-3-12(13)14)21-10-16(7-19)8-20-9-16/h1-6,19H,7-10H2. The second-order valence-corrected chi connectivity index (χ2v) is 5.79. The van der Waals surface area contributed by atoms with Crippen LogP contribution in [0.1, 0.15) is 10.4 Å². The summed E-state index contributed by atoms with van der Waals surface area (Å²) in [5.74, 6) is 0.504. The maximum Gasteiger partial charge on any atom is 0.153 e. The van der Waals surface area contributed by atoms with Gasteiger partial charge >= 0.3 is 0 Å². The minimum absolute atomic E-state index is 0.00501. The Kier molecular flexibility index (Phi) is 3.85. The van der Waals surface area contributed by atoms with Gasteiger partial charge in [0.15, 0.2) is 6.29 Å². The first-order chi connectivity index (χ1) is 10.2. The highest BCUT2D eigenvalue weighted by molar-refractivity contribution is 6.36. The number of aldehydes is 1. The van der Waals surface area contributed by atoms with Crippen LogP contribution in [0.5, 0.6) is 5.75 Å². The van der Waals surface area contributed by atoms with Gasteiger partial charge in [0.25, 0.3) is 0 Å². The van der Waals surface area contributed by atoms with E-state index in [0.717, 1.165) is 17.1 Å². The van der Waals surface area contributed by atoms with E-state index in [2.05, 4.69) is 0 Å². The van der Waals surface area contributed by atoms with Crippen molar-refractivity contribution in [3.05, 3.63) is 40.9 Å². The van der Waals surface area contributed by atoms with Crippen LogP contribution in [0.2, 0.25) is 5.02 Å². The molecule has 0 amide bonds. The van der Waals surface area contributed by atoms with Crippen molar-refractivity contribution in [2.24, 2.45) is 5.41 Å². The van der Waals surface area contributed by atoms with Gasteiger partial charge in [-0.15, -0.1) is 0 Å². The molecule has 0 atom stereocenters. The quantitative estimate of drug-likeness (QED) is 0.863. The number of fused-ring (bicyclic) bond motifs is 1. The van der Waals surface area contributed by atoms with Gasteiger partial charge in [0.05, 0.1) is 30.8 Å². The molecule has 0 bridgehead atoms. The molecule has 2 aromatic carbocycles. The molecule has 1 aliphatic heterocycles. The van der Waals surface area contributed by atoms with Gasteiger partial charge in [-0.05, 0) is 6.07 Å². The molecule has 0 radical (unpaired) electrons. The fourth-order valence-corrected chi connectivity index (χ4v) is 2.69. The van der Waals surface area contributed by atoms with Crippen LogP contribution in [0, 0.1) is 5.41 Å². The molecule has 0 spiro atoms. The first-order valence-electron chi connectivity index (χ1n) is 6.67. The third-order valence-corrected chi connectivity index (χ3v) is 4.09. The van der Waals surface area contributed by atoms with Crippen molar-refractivity contribution in [3.63, 3.8) is 0 Å². The highest BCUT2D eigenvalue weighted by atomic mass is 35.5. The van der Waals surface area contributed by atoms with E-state index < -0.39 is 0 Å². The summed E-state index contributed by atoms with van der Waals surface area (Å²) in [7, 11) is 0. The van der Waals surface area contributed by atoms with Crippen molar-refractivity contribution in [2.75, 3.05) is 26.4 Å². The lowest BCUT2D eigenvalue weighted by Crippen LogP contribution is -2.50. The number of halogens is 1. The predicted molar refractivity (Wildman–Crippen MR) is 80.2 cm³/mol. The highest BCUT2D eigenvalue weighted by Crippen LogP contribution is 2.36. The van der Waals surface area contributed by atoms with E-state index in [0.29, 0.717) is 36.2 Å². The summed E-state index contributed by atoms with van der Waals surface area (Å²) in [4.78, 5) is 11.3. The molecule has 5 heteroatoms. The van der Waals surface area contributed by atoms with Crippen molar-refractivity contribution in [3.8, 4) is 5.75 Å². The van der Waals surface area contributed by atoms with E-state index in [1.807, 2.05) is 24.3 Å². The Bertz CT molecular complexity index is 674. The summed E-state index contributed by atoms with van der Waals surface area (Å²) in [6, 6.07) is 9.11. The lowest BCUT2D eigenvalue weighted by atomic mass is 9.88. The molecule has 0 unspecified atom stereocenters. The zero-order valence-corrected chi connectivity index (χ0v) is 12.1. The topological polar surface area (TPSA) is 55.8 Å². The third kappa shape index (κ3) is 2.50. The maximum atomic E-state index is 11.3. The van der Waals surface area contributed by atoms with Crippen LogP contribution in [0.15, 0.2) is 30.3 Å². The SMILES string of the molecule is O=Cc1cc(Cl)c2ccccc2c1OCC1(CO)COC1. The zero-order valence-electron chi connectivity index (χ0n) is 11.3. The Morgan fingerprint density at radius 2 is 2.05 bits per heavy atom. The fraction of sp³-hybridized carbons (Fsp3) is 0.312. The van der Waals surface area contributed by atoms with Gasteiger partial charge in [0.1, 0.15) is 12.4 Å². The van der Waals surface area contributed by atoms with E-state index in [4.69, 9.17) is 21.1 Å². The van der Waals surface area contributed by atoms with Gasteiger partial charge in [-0.2, -0.15) is 0 Å². The average Bonchev–Trinajstić information content (AvgIpc) is 2.48. The molecule has 0 aromatic heterocycles. The predicted octanol–water partition coefficient (Wildman–Crippen LogP) is 2.69. The van der Waals surface area contributed by atoms with Crippen molar-refractivity contribution >= 4 is 28.7 Å². The van der Waals surface area contributed by atoms with Gasteiger partial charge in [0, 0.05) is 15.8 Å². The summed E-state index contributed by atoms with van der Waals surface area (Å²) < 4.78 is 11.0. The van der Waals surface area contributed by atoms with E-state index in [9.17, 15) is 9.90 Å². The summed E-state index contributed by atoms with van der Waals surface area (Å²) in [6.45, 7) is 1.22. The molecule has 0 aliphatic carbocycles. The van der Waals surface area contributed by atoms with Crippen LogP contribution in [-0.2, 0) is 4.74 Å². The Morgan fingerprint density at radius 1 is 1.33 bits per heavy atom. The maximum absolute atomic E-state index is 11.3. The molecule has 1 aliphatic rings. The molecule has 0 saturated carbocycles. The highest BCUT2D eigenvalue weighted by Gasteiger charge is 2.39. The van der Waals surface area contributed by atoms with Crippen LogP contribution < -0.4 is 4.74 Å². The molecule has 1 N–H and O–H groups in total. The fourth-order valence-electron chi connectivity index (χ4n) is 2.41. The van der Waals surface area contributed by atoms with E-state index in [1.165, 1.54) is 0 Å². The summed E-state index contributed by atoms with van der Waals surface area (Å²) in [6.07, 6.45) is 0.733. The Hall–Kier alpha value is -1.62. The smallest absolute Gasteiger partial charge is 0.153 e. The van der Waals surface area contributed by atoms with Crippen molar-refractivity contribution in [2.45, 2.75) is 0 Å². The zero-order chi connectivity index (χ0) is 14.9. The Balaban J connectivity index is 2.00. The van der Waals surface area contributed by atoms with Gasteiger partial charge in [-0.1, -0.05) is 35.9 Å². The van der Waals surface area contributed by atoms with Crippen LogP contribution in [0.25, 0.3) is 10.8 Å². The number of aliphatic hydroxyl groups excluding tert-OH is 1. The van der Waals surface area contributed by atoms with Crippen LogP contribution >= 0.6 is 11.6 Å². The second kappa shape index (κ2) is 5.64. The van der Waals surface area contributed by atoms with Crippen molar-refractivity contribution < 1.29 is 19.4 Å². The third-order valence-electron chi connectivity index (χ3n) is 3.77. The van der Waals surface area contributed by atoms with E-state index >= 15 is 0 Å². The molecule has 21 heavy (non-hydrogen) atoms. The molecular formula is C16H15ClO4. The minimum Gasteiger partial charge on any atom is -0.491 e. The lowest BCUT2D eigenvalue weighted by molar-refractivity contribution is -0.153. The van der Waals surface area contributed by atoms with Crippen LogP contribution in [0.3, 0.4) is 0 Å². The van der Waals surface area contributed by atoms with Crippen molar-refractivity contribution in [1.29, 1.82) is 0 Å². The number of benzene rings is 2. The number of carbonyl (C=O) groups excluding carboxylic acids is 1. The molecule has 2 aromatic rings. The van der Waals surface area contributed by atoms with Gasteiger partial charge in [0.2, 0.25) is 0 Å². The normalized spacial score (nSPS) is 16.5. The number of aliphatic hydroxyl groups is 1. The molecular weight excluding hydrogens is 292 g/mol. The van der Waals surface area contributed by atoms with Crippen LogP contribution in [0.4, 0.5) is 0 Å². The summed E-state index contributed by atoms with van der Waals surface area (Å²) >= 11 is 6.19. The lowest BCUT2D eigenvalue weighted by Gasteiger charge is -2.39. The number of hydrogen-bond acceptors (Lipinski definition) is 4. The molecule has 1 saturated heterocycles. The summed E-state index contributed by atoms with van der Waals surface area (Å²) in [5, 5.41) is 11.6. The van der Waals surface area contributed by atoms with Crippen molar-refractivity contribution in [1.82, 2.24) is 0 Å². The van der Waals surface area contributed by atoms with Gasteiger partial charge in [-0.3, -0.25) is 4.79 Å². The Labute approximate surface area is 127 Å². The summed E-state index contributed by atoms with van der Waals surface area (Å²) in [5.41, 5.74) is 0.0352. The second-order valence-electron chi connectivity index (χ2n) is 5.38. The molecule has 3 rings (SSSR count). The number of rotatable bonds is 5. The first kappa shape index (κ1) is 14.3. The minimum atomic E-state index is -0.374. The van der Waals surface area contributed by atoms with Gasteiger partial charge < -0.3 is 14.6 Å². The first-order valence-corrected chi connectivity index (χ1v) is 7.05. The van der Waals surface area contributed by atoms with Crippen LogP contribution in [-0.4, -0.2) is 37.8 Å².